The molecule has 0 saturated heterocycles. The molecule has 1 heterocycles. The SMILES string of the molecule is C[C@@H](NC(=O)Nc1cccc(C(F)(F)F)c1)c1cccs1. The number of rotatable bonds is 3. The van der Waals surface area contributed by atoms with Gasteiger partial charge in [-0.2, -0.15) is 13.2 Å². The lowest BCUT2D eigenvalue weighted by Gasteiger charge is -2.14. The molecule has 0 bridgehead atoms. The van der Waals surface area contributed by atoms with Gasteiger partial charge in [0.05, 0.1) is 11.6 Å². The monoisotopic (exact) mass is 314 g/mol. The van der Waals surface area contributed by atoms with Gasteiger partial charge in [0.25, 0.3) is 0 Å². The highest BCUT2D eigenvalue weighted by molar-refractivity contribution is 7.10. The van der Waals surface area contributed by atoms with Gasteiger partial charge in [-0.3, -0.25) is 0 Å². The van der Waals surface area contributed by atoms with Crippen molar-refractivity contribution < 1.29 is 18.0 Å². The molecule has 0 spiro atoms. The van der Waals surface area contributed by atoms with Crippen molar-refractivity contribution in [2.24, 2.45) is 0 Å². The average molecular weight is 314 g/mol. The molecule has 112 valence electrons. The van der Waals surface area contributed by atoms with Crippen LogP contribution in [0.5, 0.6) is 0 Å². The molecule has 2 amide bonds. The second-order valence-corrected chi connectivity index (χ2v) is 5.39. The standard InChI is InChI=1S/C14H13F3N2OS/c1-9(12-6-3-7-21-12)18-13(20)19-11-5-2-4-10(8-11)14(15,16)17/h2-9H,1H3,(H2,18,19,20)/t9-/m1/s1. The Hall–Kier alpha value is -2.02. The molecule has 0 aliphatic heterocycles. The van der Waals surface area contributed by atoms with E-state index in [4.69, 9.17) is 0 Å². The summed E-state index contributed by atoms with van der Waals surface area (Å²) in [7, 11) is 0. The van der Waals surface area contributed by atoms with Crippen LogP contribution in [-0.4, -0.2) is 6.03 Å². The zero-order chi connectivity index (χ0) is 15.5. The summed E-state index contributed by atoms with van der Waals surface area (Å²) in [6.45, 7) is 1.80. The van der Waals surface area contributed by atoms with Crippen molar-refractivity contribution in [2.45, 2.75) is 19.1 Å². The molecule has 0 aliphatic carbocycles. The van der Waals surface area contributed by atoms with E-state index in [1.54, 1.807) is 6.92 Å². The number of amides is 2. The first-order valence-electron chi connectivity index (χ1n) is 6.14. The van der Waals surface area contributed by atoms with Crippen molar-refractivity contribution in [3.05, 3.63) is 52.2 Å². The molecule has 0 fully saturated rings. The van der Waals surface area contributed by atoms with E-state index in [0.29, 0.717) is 0 Å². The van der Waals surface area contributed by atoms with Gasteiger partial charge in [0, 0.05) is 10.6 Å². The number of urea groups is 1. The van der Waals surface area contributed by atoms with Crippen molar-refractivity contribution in [3.63, 3.8) is 0 Å². The maximum Gasteiger partial charge on any atom is 0.416 e. The van der Waals surface area contributed by atoms with Crippen LogP contribution in [0.4, 0.5) is 23.7 Å². The highest BCUT2D eigenvalue weighted by Gasteiger charge is 2.30. The van der Waals surface area contributed by atoms with E-state index in [2.05, 4.69) is 10.6 Å². The molecule has 7 heteroatoms. The fourth-order valence-corrected chi connectivity index (χ4v) is 2.48. The van der Waals surface area contributed by atoms with Crippen molar-refractivity contribution >= 4 is 23.1 Å². The molecule has 21 heavy (non-hydrogen) atoms. The number of anilines is 1. The first-order chi connectivity index (χ1) is 9.86. The van der Waals surface area contributed by atoms with E-state index in [1.165, 1.54) is 23.5 Å². The zero-order valence-corrected chi connectivity index (χ0v) is 11.9. The highest BCUT2D eigenvalue weighted by Crippen LogP contribution is 2.30. The minimum absolute atomic E-state index is 0.0979. The molecule has 0 aliphatic rings. The number of carbonyl (C=O) groups is 1. The number of alkyl halides is 3. The number of carbonyl (C=O) groups excluding carboxylic acids is 1. The summed E-state index contributed by atoms with van der Waals surface area (Å²) >= 11 is 1.49. The van der Waals surface area contributed by atoms with Crippen LogP contribution < -0.4 is 10.6 Å². The van der Waals surface area contributed by atoms with Crippen molar-refractivity contribution in [1.29, 1.82) is 0 Å². The van der Waals surface area contributed by atoms with Gasteiger partial charge in [0.15, 0.2) is 0 Å². The Bertz CT molecular complexity index is 611. The number of thiophene rings is 1. The normalized spacial score (nSPS) is 12.8. The molecular formula is C14H13F3N2OS. The maximum absolute atomic E-state index is 12.6. The topological polar surface area (TPSA) is 41.1 Å². The second kappa shape index (κ2) is 6.17. The van der Waals surface area contributed by atoms with Crippen LogP contribution >= 0.6 is 11.3 Å². The Balaban J connectivity index is 2.00. The van der Waals surface area contributed by atoms with Crippen molar-refractivity contribution in [2.75, 3.05) is 5.32 Å². The quantitative estimate of drug-likeness (QED) is 0.850. The van der Waals surface area contributed by atoms with E-state index >= 15 is 0 Å². The molecular weight excluding hydrogens is 301 g/mol. The van der Waals surface area contributed by atoms with Gasteiger partial charge in [0.1, 0.15) is 0 Å². The summed E-state index contributed by atoms with van der Waals surface area (Å²) in [5.41, 5.74) is -0.702. The minimum atomic E-state index is -4.43. The Morgan fingerprint density at radius 1 is 1.24 bits per heavy atom. The summed E-state index contributed by atoms with van der Waals surface area (Å²) < 4.78 is 37.7. The van der Waals surface area contributed by atoms with Crippen LogP contribution in [0.25, 0.3) is 0 Å². The van der Waals surface area contributed by atoms with Crippen molar-refractivity contribution in [3.8, 4) is 0 Å². The Morgan fingerprint density at radius 2 is 2.00 bits per heavy atom. The second-order valence-electron chi connectivity index (χ2n) is 4.41. The van der Waals surface area contributed by atoms with Gasteiger partial charge >= 0.3 is 12.2 Å². The van der Waals surface area contributed by atoms with Crippen LogP contribution in [0, 0.1) is 0 Å². The van der Waals surface area contributed by atoms with Gasteiger partial charge < -0.3 is 10.6 Å². The van der Waals surface area contributed by atoms with E-state index in [-0.39, 0.29) is 11.7 Å². The molecule has 2 rings (SSSR count). The van der Waals surface area contributed by atoms with Gasteiger partial charge in [-0.15, -0.1) is 11.3 Å². The lowest BCUT2D eigenvalue weighted by Crippen LogP contribution is -2.30. The fourth-order valence-electron chi connectivity index (χ4n) is 1.75. The fraction of sp³-hybridized carbons (Fsp3) is 0.214. The predicted octanol–water partition coefficient (Wildman–Crippen LogP) is 4.65. The molecule has 1 aromatic carbocycles. The number of halogens is 3. The summed E-state index contributed by atoms with van der Waals surface area (Å²) in [6, 6.07) is 7.49. The Labute approximate surface area is 123 Å². The number of benzene rings is 1. The van der Waals surface area contributed by atoms with Gasteiger partial charge in [-0.25, -0.2) is 4.79 Å². The summed E-state index contributed by atoms with van der Waals surface area (Å²) in [5, 5.41) is 6.96. The van der Waals surface area contributed by atoms with E-state index < -0.39 is 17.8 Å². The molecule has 2 aromatic rings. The highest BCUT2D eigenvalue weighted by atomic mass is 32.1. The summed E-state index contributed by atoms with van der Waals surface area (Å²) in [4.78, 5) is 12.7. The lowest BCUT2D eigenvalue weighted by molar-refractivity contribution is -0.137. The van der Waals surface area contributed by atoms with E-state index in [9.17, 15) is 18.0 Å². The van der Waals surface area contributed by atoms with Crippen LogP contribution in [-0.2, 0) is 6.18 Å². The maximum atomic E-state index is 12.6. The minimum Gasteiger partial charge on any atom is -0.331 e. The third-order valence-electron chi connectivity index (χ3n) is 2.77. The number of hydrogen-bond acceptors (Lipinski definition) is 2. The predicted molar refractivity (Wildman–Crippen MR) is 76.3 cm³/mol. The van der Waals surface area contributed by atoms with E-state index in [0.717, 1.165) is 17.0 Å². The number of nitrogens with one attached hydrogen (secondary N) is 2. The summed E-state index contributed by atoms with van der Waals surface area (Å²) in [5.74, 6) is 0. The Morgan fingerprint density at radius 3 is 2.62 bits per heavy atom. The van der Waals surface area contributed by atoms with Crippen LogP contribution in [0.3, 0.4) is 0 Å². The Kier molecular flexibility index (Phi) is 4.52. The molecule has 3 nitrogen and oxygen atoms in total. The van der Waals surface area contributed by atoms with Crippen LogP contribution in [0.1, 0.15) is 23.4 Å². The molecule has 0 unspecified atom stereocenters. The molecule has 0 radical (unpaired) electrons. The lowest BCUT2D eigenvalue weighted by atomic mass is 10.2. The van der Waals surface area contributed by atoms with Gasteiger partial charge in [-0.05, 0) is 36.6 Å². The third-order valence-corrected chi connectivity index (χ3v) is 3.82. The zero-order valence-electron chi connectivity index (χ0n) is 11.1. The summed E-state index contributed by atoms with van der Waals surface area (Å²) in [6.07, 6.45) is -4.43. The van der Waals surface area contributed by atoms with Gasteiger partial charge in [-0.1, -0.05) is 12.1 Å². The van der Waals surface area contributed by atoms with Crippen molar-refractivity contribution in [1.82, 2.24) is 5.32 Å². The first-order valence-corrected chi connectivity index (χ1v) is 7.02. The van der Waals surface area contributed by atoms with Crippen LogP contribution in [0.2, 0.25) is 0 Å². The molecule has 1 atom stereocenters. The van der Waals surface area contributed by atoms with E-state index in [1.807, 2.05) is 17.5 Å². The first kappa shape index (κ1) is 15.4. The smallest absolute Gasteiger partial charge is 0.331 e. The largest absolute Gasteiger partial charge is 0.416 e. The average Bonchev–Trinajstić information content (AvgIpc) is 2.91. The number of hydrogen-bond donors (Lipinski definition) is 2. The van der Waals surface area contributed by atoms with Gasteiger partial charge in [0.2, 0.25) is 0 Å². The molecule has 2 N–H and O–H groups in total. The molecule has 1 aromatic heterocycles. The third kappa shape index (κ3) is 4.22. The van der Waals surface area contributed by atoms with Crippen LogP contribution in [0.15, 0.2) is 41.8 Å². The molecule has 0 saturated carbocycles.